The van der Waals surface area contributed by atoms with E-state index < -0.39 is 11.7 Å². The molecule has 1 aromatic heterocycles. The third-order valence-corrected chi connectivity index (χ3v) is 2.75. The predicted octanol–water partition coefficient (Wildman–Crippen LogP) is 4.30. The van der Waals surface area contributed by atoms with Crippen LogP contribution in [-0.4, -0.2) is 29.4 Å². The van der Waals surface area contributed by atoms with Gasteiger partial charge in [0.15, 0.2) is 0 Å². The van der Waals surface area contributed by atoms with Crippen molar-refractivity contribution in [2.45, 2.75) is 46.1 Å². The van der Waals surface area contributed by atoms with Gasteiger partial charge in [-0.05, 0) is 33.3 Å². The Bertz CT molecular complexity index is 510. The summed E-state index contributed by atoms with van der Waals surface area (Å²) in [5.74, 6) is 0.344. The molecule has 0 spiro atoms. The van der Waals surface area contributed by atoms with Crippen molar-refractivity contribution in [1.82, 2.24) is 4.98 Å². The molecule has 0 fully saturated rings. The van der Waals surface area contributed by atoms with Gasteiger partial charge in [-0.15, -0.1) is 0 Å². The molecule has 0 aliphatic heterocycles. The Kier molecular flexibility index (Phi) is 6.62. The number of hydrogen-bond donors (Lipinski definition) is 1. The highest BCUT2D eigenvalue weighted by Crippen LogP contribution is 2.21. The zero-order chi connectivity index (χ0) is 15.9. The molecule has 0 radical (unpaired) electrons. The number of aromatic nitrogens is 1. The van der Waals surface area contributed by atoms with E-state index in [0.717, 1.165) is 12.8 Å². The molecule has 0 unspecified atom stereocenters. The lowest BCUT2D eigenvalue weighted by atomic mass is 10.2. The Labute approximate surface area is 130 Å². The number of carbonyl (C=O) groups excluding carboxylic acids is 1. The van der Waals surface area contributed by atoms with E-state index in [0.29, 0.717) is 22.9 Å². The summed E-state index contributed by atoms with van der Waals surface area (Å²) in [6.45, 7) is 8.21. The lowest BCUT2D eigenvalue weighted by Gasteiger charge is -2.19. The van der Waals surface area contributed by atoms with Gasteiger partial charge in [0, 0.05) is 19.0 Å². The first-order chi connectivity index (χ1) is 9.83. The zero-order valence-electron chi connectivity index (χ0n) is 12.9. The second kappa shape index (κ2) is 7.98. The van der Waals surface area contributed by atoms with Crippen LogP contribution in [0.5, 0.6) is 0 Å². The SMILES string of the molecule is CCCCN=Cc1c(Cl)ccnc1NC(=O)OC(C)(C)C. The number of ether oxygens (including phenoxy) is 1. The normalized spacial score (nSPS) is 11.7. The number of nitrogens with one attached hydrogen (secondary N) is 1. The van der Waals surface area contributed by atoms with Crippen molar-refractivity contribution in [1.29, 1.82) is 0 Å². The second-order valence-electron chi connectivity index (χ2n) is 5.57. The number of unbranched alkanes of at least 4 members (excludes halogenated alkanes) is 1. The molecule has 1 amide bonds. The van der Waals surface area contributed by atoms with E-state index in [2.05, 4.69) is 22.2 Å². The lowest BCUT2D eigenvalue weighted by Crippen LogP contribution is -2.27. The predicted molar refractivity (Wildman–Crippen MR) is 86.5 cm³/mol. The molecule has 6 heteroatoms. The first kappa shape index (κ1) is 17.4. The minimum Gasteiger partial charge on any atom is -0.444 e. The van der Waals surface area contributed by atoms with E-state index in [4.69, 9.17) is 16.3 Å². The summed E-state index contributed by atoms with van der Waals surface area (Å²) < 4.78 is 5.20. The highest BCUT2D eigenvalue weighted by molar-refractivity contribution is 6.33. The Morgan fingerprint density at radius 1 is 1.52 bits per heavy atom. The fourth-order valence-corrected chi connectivity index (χ4v) is 1.67. The molecule has 5 nitrogen and oxygen atoms in total. The molecule has 0 aliphatic carbocycles. The molecule has 21 heavy (non-hydrogen) atoms. The van der Waals surface area contributed by atoms with Crippen LogP contribution < -0.4 is 5.32 Å². The van der Waals surface area contributed by atoms with Gasteiger partial charge in [-0.25, -0.2) is 9.78 Å². The van der Waals surface area contributed by atoms with Gasteiger partial charge < -0.3 is 4.74 Å². The number of rotatable bonds is 5. The van der Waals surface area contributed by atoms with Gasteiger partial charge in [0.1, 0.15) is 11.4 Å². The van der Waals surface area contributed by atoms with Crippen molar-refractivity contribution in [3.05, 3.63) is 22.8 Å². The Hall–Kier alpha value is -1.62. The number of anilines is 1. The van der Waals surface area contributed by atoms with Crippen molar-refractivity contribution < 1.29 is 9.53 Å². The minimum absolute atomic E-state index is 0.344. The number of nitrogens with zero attached hydrogens (tertiary/aromatic N) is 2. The summed E-state index contributed by atoms with van der Waals surface area (Å²) in [7, 11) is 0. The fraction of sp³-hybridized carbons (Fsp3) is 0.533. The van der Waals surface area contributed by atoms with Crippen LogP contribution in [0.3, 0.4) is 0 Å². The first-order valence-corrected chi connectivity index (χ1v) is 7.35. The average molecular weight is 312 g/mol. The molecule has 1 N–H and O–H groups in total. The second-order valence-corrected chi connectivity index (χ2v) is 5.98. The summed E-state index contributed by atoms with van der Waals surface area (Å²) >= 11 is 6.14. The van der Waals surface area contributed by atoms with Crippen molar-refractivity contribution >= 4 is 29.7 Å². The van der Waals surface area contributed by atoms with Crippen LogP contribution in [0.25, 0.3) is 0 Å². The summed E-state index contributed by atoms with van der Waals surface area (Å²) in [6.07, 6.45) is 4.67. The van der Waals surface area contributed by atoms with Gasteiger partial charge in [-0.3, -0.25) is 10.3 Å². The van der Waals surface area contributed by atoms with E-state index in [1.165, 1.54) is 6.20 Å². The highest BCUT2D eigenvalue weighted by atomic mass is 35.5. The number of hydrogen-bond acceptors (Lipinski definition) is 4. The Morgan fingerprint density at radius 2 is 2.24 bits per heavy atom. The van der Waals surface area contributed by atoms with Crippen LogP contribution in [-0.2, 0) is 4.74 Å². The maximum atomic E-state index is 11.8. The van der Waals surface area contributed by atoms with Crippen LogP contribution in [0.2, 0.25) is 5.02 Å². The monoisotopic (exact) mass is 311 g/mol. The molecule has 0 saturated heterocycles. The maximum absolute atomic E-state index is 11.8. The first-order valence-electron chi connectivity index (χ1n) is 6.98. The van der Waals surface area contributed by atoms with E-state index in [9.17, 15) is 4.79 Å². The van der Waals surface area contributed by atoms with Crippen LogP contribution in [0.4, 0.5) is 10.6 Å². The van der Waals surface area contributed by atoms with Gasteiger partial charge >= 0.3 is 6.09 Å². The molecule has 0 saturated carbocycles. The Morgan fingerprint density at radius 3 is 2.86 bits per heavy atom. The summed E-state index contributed by atoms with van der Waals surface area (Å²) in [4.78, 5) is 20.2. The Balaban J connectivity index is 2.84. The molecule has 0 bridgehead atoms. The van der Waals surface area contributed by atoms with E-state index in [1.807, 2.05) is 0 Å². The largest absolute Gasteiger partial charge is 0.444 e. The number of pyridine rings is 1. The van der Waals surface area contributed by atoms with Crippen molar-refractivity contribution in [2.24, 2.45) is 4.99 Å². The fourth-order valence-electron chi connectivity index (χ4n) is 1.48. The van der Waals surface area contributed by atoms with Crippen molar-refractivity contribution in [3.8, 4) is 0 Å². The summed E-state index contributed by atoms with van der Waals surface area (Å²) in [6, 6.07) is 1.66. The van der Waals surface area contributed by atoms with Gasteiger partial charge in [-0.2, -0.15) is 0 Å². The summed E-state index contributed by atoms with van der Waals surface area (Å²) in [5, 5.41) is 3.08. The molecule has 116 valence electrons. The molecule has 1 aromatic rings. The molecule has 0 aromatic carbocycles. The van der Waals surface area contributed by atoms with Gasteiger partial charge in [0.25, 0.3) is 0 Å². The highest BCUT2D eigenvalue weighted by Gasteiger charge is 2.18. The van der Waals surface area contributed by atoms with Crippen molar-refractivity contribution in [3.63, 3.8) is 0 Å². The number of carbonyl (C=O) groups is 1. The van der Waals surface area contributed by atoms with E-state index in [1.54, 1.807) is 33.1 Å². The smallest absolute Gasteiger partial charge is 0.413 e. The number of aliphatic imine (C=N–C) groups is 1. The number of amides is 1. The lowest BCUT2D eigenvalue weighted by molar-refractivity contribution is 0.0635. The third-order valence-electron chi connectivity index (χ3n) is 2.42. The molecule has 0 aliphatic rings. The zero-order valence-corrected chi connectivity index (χ0v) is 13.7. The molecule has 1 rings (SSSR count). The molecule has 0 atom stereocenters. The van der Waals surface area contributed by atoms with Gasteiger partial charge in [0.2, 0.25) is 0 Å². The molecule has 1 heterocycles. The topological polar surface area (TPSA) is 63.6 Å². The maximum Gasteiger partial charge on any atom is 0.413 e. The quantitative estimate of drug-likeness (QED) is 0.651. The standard InChI is InChI=1S/C15H22ClN3O2/c1-5-6-8-17-10-11-12(16)7-9-18-13(11)19-14(20)21-15(2,3)4/h7,9-10H,5-6,8H2,1-4H3,(H,18,19,20). The van der Waals surface area contributed by atoms with Crippen LogP contribution in [0.15, 0.2) is 17.3 Å². The van der Waals surface area contributed by atoms with Gasteiger partial charge in [-0.1, -0.05) is 24.9 Å². The van der Waals surface area contributed by atoms with E-state index >= 15 is 0 Å². The van der Waals surface area contributed by atoms with Gasteiger partial charge in [0.05, 0.1) is 10.6 Å². The van der Waals surface area contributed by atoms with Crippen molar-refractivity contribution in [2.75, 3.05) is 11.9 Å². The summed E-state index contributed by atoms with van der Waals surface area (Å²) in [5.41, 5.74) is 0.0130. The average Bonchev–Trinajstić information content (AvgIpc) is 2.35. The third kappa shape index (κ3) is 6.58. The molecular formula is C15H22ClN3O2. The van der Waals surface area contributed by atoms with Crippen LogP contribution in [0.1, 0.15) is 46.1 Å². The van der Waals surface area contributed by atoms with E-state index in [-0.39, 0.29) is 0 Å². The number of halogens is 1. The van der Waals surface area contributed by atoms with Crippen LogP contribution in [0, 0.1) is 0 Å². The van der Waals surface area contributed by atoms with Crippen LogP contribution >= 0.6 is 11.6 Å². The molecular weight excluding hydrogens is 290 g/mol. The minimum atomic E-state index is -0.571.